The Morgan fingerprint density at radius 2 is 1.88 bits per heavy atom. The minimum absolute atomic E-state index is 0.860. The van der Waals surface area contributed by atoms with E-state index < -0.39 is 0 Å². The van der Waals surface area contributed by atoms with Gasteiger partial charge < -0.3 is 4.74 Å². The second-order valence-corrected chi connectivity index (χ2v) is 4.09. The van der Waals surface area contributed by atoms with Crippen LogP contribution in [0.3, 0.4) is 0 Å². The third kappa shape index (κ3) is 2.31. The van der Waals surface area contributed by atoms with E-state index in [1.807, 2.05) is 31.3 Å². The maximum absolute atomic E-state index is 5.32. The van der Waals surface area contributed by atoms with Crippen molar-refractivity contribution in [3.05, 3.63) is 52.9 Å². The van der Waals surface area contributed by atoms with Crippen molar-refractivity contribution >= 4 is 11.8 Å². The number of allylic oxidation sites excluding steroid dienone is 3. The lowest BCUT2D eigenvalue weighted by Gasteiger charge is -2.09. The number of hydrogen-bond acceptors (Lipinski definition) is 2. The van der Waals surface area contributed by atoms with Crippen LogP contribution in [0.5, 0.6) is 0 Å². The summed E-state index contributed by atoms with van der Waals surface area (Å²) in [5, 5.41) is 0. The third-order valence-corrected chi connectivity index (χ3v) is 3.09. The van der Waals surface area contributed by atoms with Gasteiger partial charge in [-0.2, -0.15) is 0 Å². The fraction of sp³-hybridized carbons (Fsp3) is 0.267. The molecule has 17 heavy (non-hydrogen) atoms. The number of ether oxygens (including phenoxy) is 1. The number of aliphatic imine (C=N–C) groups is 1. The molecule has 0 aliphatic carbocycles. The van der Waals surface area contributed by atoms with Crippen LogP contribution in [-0.4, -0.2) is 13.3 Å². The topological polar surface area (TPSA) is 21.6 Å². The quantitative estimate of drug-likeness (QED) is 0.704. The molecule has 2 heteroatoms. The Morgan fingerprint density at radius 3 is 2.53 bits per heavy atom. The van der Waals surface area contributed by atoms with Gasteiger partial charge in [-0.25, -0.2) is 0 Å². The first-order chi connectivity index (χ1) is 8.24. The van der Waals surface area contributed by atoms with E-state index in [4.69, 9.17) is 4.74 Å². The van der Waals surface area contributed by atoms with Gasteiger partial charge in [-0.1, -0.05) is 30.3 Å². The van der Waals surface area contributed by atoms with Crippen LogP contribution in [-0.2, 0) is 4.74 Å². The van der Waals surface area contributed by atoms with Gasteiger partial charge in [-0.15, -0.1) is 0 Å². The normalized spacial score (nSPS) is 20.4. The smallest absolute Gasteiger partial charge is 0.0981 e. The highest BCUT2D eigenvalue weighted by Gasteiger charge is 2.16. The largest absolute Gasteiger partial charge is 0.501 e. The summed E-state index contributed by atoms with van der Waals surface area (Å²) in [6, 6.07) is 10.3. The van der Waals surface area contributed by atoms with E-state index in [1.54, 1.807) is 7.11 Å². The molecule has 0 spiro atoms. The summed E-state index contributed by atoms with van der Waals surface area (Å²) in [6.45, 7) is 4.10. The second-order valence-electron chi connectivity index (χ2n) is 4.09. The number of hydrogen-bond donors (Lipinski definition) is 0. The van der Waals surface area contributed by atoms with Crippen LogP contribution in [0.2, 0.25) is 0 Å². The zero-order valence-electron chi connectivity index (χ0n) is 10.5. The van der Waals surface area contributed by atoms with Crippen LogP contribution in [0.25, 0.3) is 5.57 Å². The molecule has 0 amide bonds. The fourth-order valence-electron chi connectivity index (χ4n) is 1.98. The summed E-state index contributed by atoms with van der Waals surface area (Å²) < 4.78 is 5.32. The van der Waals surface area contributed by atoms with E-state index in [9.17, 15) is 0 Å². The molecule has 0 bridgehead atoms. The maximum atomic E-state index is 5.32. The summed E-state index contributed by atoms with van der Waals surface area (Å²) in [4.78, 5) is 4.48. The van der Waals surface area contributed by atoms with Crippen LogP contribution < -0.4 is 0 Å². The summed E-state index contributed by atoms with van der Waals surface area (Å²) in [5.74, 6) is 0.952. The van der Waals surface area contributed by atoms with Gasteiger partial charge in [0.05, 0.1) is 18.6 Å². The molecule has 0 N–H and O–H groups in total. The Kier molecular flexibility index (Phi) is 3.43. The molecule has 1 aliphatic rings. The zero-order valence-corrected chi connectivity index (χ0v) is 10.5. The molecule has 1 aromatic rings. The van der Waals surface area contributed by atoms with E-state index in [-0.39, 0.29) is 0 Å². The predicted molar refractivity (Wildman–Crippen MR) is 71.9 cm³/mol. The van der Waals surface area contributed by atoms with E-state index in [1.165, 1.54) is 16.7 Å². The molecule has 1 aromatic carbocycles. The average Bonchev–Trinajstić information content (AvgIpc) is 2.87. The third-order valence-electron chi connectivity index (χ3n) is 3.09. The van der Waals surface area contributed by atoms with Crippen molar-refractivity contribution < 1.29 is 4.74 Å². The first-order valence-corrected chi connectivity index (χ1v) is 5.77. The maximum Gasteiger partial charge on any atom is 0.0981 e. The molecule has 0 aromatic heterocycles. The number of nitrogens with zero attached hydrogens (tertiary/aromatic N) is 1. The van der Waals surface area contributed by atoms with Crippen molar-refractivity contribution in [2.75, 3.05) is 7.11 Å². The molecule has 0 radical (unpaired) electrons. The van der Waals surface area contributed by atoms with Crippen molar-refractivity contribution in [3.8, 4) is 0 Å². The van der Waals surface area contributed by atoms with Crippen LogP contribution in [0.4, 0.5) is 0 Å². The summed E-state index contributed by atoms with van der Waals surface area (Å²) >= 11 is 0. The minimum atomic E-state index is 0.860. The van der Waals surface area contributed by atoms with Gasteiger partial charge in [0.15, 0.2) is 0 Å². The lowest BCUT2D eigenvalue weighted by Crippen LogP contribution is -1.92. The van der Waals surface area contributed by atoms with Crippen LogP contribution in [0.1, 0.15) is 25.8 Å². The lowest BCUT2D eigenvalue weighted by atomic mass is 10.0. The molecule has 2 nitrogen and oxygen atoms in total. The van der Waals surface area contributed by atoms with Crippen molar-refractivity contribution in [3.63, 3.8) is 0 Å². The Morgan fingerprint density at radius 1 is 1.18 bits per heavy atom. The molecule has 0 fully saturated rings. The van der Waals surface area contributed by atoms with Crippen LogP contribution in [0.15, 0.2) is 52.4 Å². The van der Waals surface area contributed by atoms with E-state index in [0.29, 0.717) is 0 Å². The molecule has 1 heterocycles. The van der Waals surface area contributed by atoms with Gasteiger partial charge in [0.25, 0.3) is 0 Å². The van der Waals surface area contributed by atoms with Gasteiger partial charge >= 0.3 is 0 Å². The van der Waals surface area contributed by atoms with Gasteiger partial charge in [0.1, 0.15) is 0 Å². The highest BCUT2D eigenvalue weighted by atomic mass is 16.5. The number of rotatable bonds is 2. The number of benzene rings is 1. The molecular weight excluding hydrogens is 210 g/mol. The Labute approximate surface area is 102 Å². The van der Waals surface area contributed by atoms with Gasteiger partial charge in [0.2, 0.25) is 0 Å². The van der Waals surface area contributed by atoms with E-state index in [2.05, 4.69) is 24.0 Å². The molecule has 0 saturated carbocycles. The lowest BCUT2D eigenvalue weighted by molar-refractivity contribution is 0.289. The first-order valence-electron chi connectivity index (χ1n) is 5.77. The summed E-state index contributed by atoms with van der Waals surface area (Å²) in [5.41, 5.74) is 4.65. The highest BCUT2D eigenvalue weighted by Crippen LogP contribution is 2.31. The Hall–Kier alpha value is -1.83. The SMILES string of the molecule is CO/C(C)=C1\CC=N\C1=C(\C)c1ccccc1. The summed E-state index contributed by atoms with van der Waals surface area (Å²) in [7, 11) is 1.70. The van der Waals surface area contributed by atoms with Crippen molar-refractivity contribution in [1.29, 1.82) is 0 Å². The van der Waals surface area contributed by atoms with E-state index >= 15 is 0 Å². The fourth-order valence-corrected chi connectivity index (χ4v) is 1.98. The van der Waals surface area contributed by atoms with Crippen molar-refractivity contribution in [1.82, 2.24) is 0 Å². The van der Waals surface area contributed by atoms with Crippen molar-refractivity contribution in [2.45, 2.75) is 20.3 Å². The van der Waals surface area contributed by atoms with Gasteiger partial charge in [-0.3, -0.25) is 4.99 Å². The van der Waals surface area contributed by atoms with Gasteiger partial charge in [0, 0.05) is 18.2 Å². The Bertz CT molecular complexity index is 495. The number of methoxy groups -OCH3 is 1. The Balaban J connectivity index is 2.48. The molecule has 2 rings (SSSR count). The molecular formula is C15H17NO. The van der Waals surface area contributed by atoms with Crippen LogP contribution >= 0.6 is 0 Å². The predicted octanol–water partition coefficient (Wildman–Crippen LogP) is 3.81. The molecule has 0 atom stereocenters. The molecule has 1 aliphatic heterocycles. The molecule has 0 unspecified atom stereocenters. The molecule has 0 saturated heterocycles. The highest BCUT2D eigenvalue weighted by molar-refractivity contribution is 5.80. The standard InChI is InChI=1S/C15H17NO/c1-11(13-7-5-4-6-8-13)15-14(9-10-16-15)12(2)17-3/h4-8,10H,9H2,1-3H3/b14-12+,15-11-. The monoisotopic (exact) mass is 227 g/mol. The first kappa shape index (κ1) is 11.6. The van der Waals surface area contributed by atoms with Crippen LogP contribution in [0, 0.1) is 0 Å². The average molecular weight is 227 g/mol. The summed E-state index contributed by atoms with van der Waals surface area (Å²) in [6.07, 6.45) is 2.80. The second kappa shape index (κ2) is 5.00. The zero-order chi connectivity index (χ0) is 12.3. The van der Waals surface area contributed by atoms with Crippen molar-refractivity contribution in [2.24, 2.45) is 4.99 Å². The minimum Gasteiger partial charge on any atom is -0.501 e. The molecule has 88 valence electrons. The van der Waals surface area contributed by atoms with Gasteiger partial charge in [-0.05, 0) is 25.0 Å². The van der Waals surface area contributed by atoms with E-state index in [0.717, 1.165) is 17.9 Å².